The van der Waals surface area contributed by atoms with Gasteiger partial charge in [0.05, 0.1) is 19.8 Å². The number of anilines is 1. The molecule has 0 atom stereocenters. The van der Waals surface area contributed by atoms with Crippen LogP contribution >= 0.6 is 15.8 Å². The van der Waals surface area contributed by atoms with Crippen molar-refractivity contribution < 1.29 is 9.47 Å². The minimum absolute atomic E-state index is 0.608. The molecule has 0 bridgehead atoms. The Bertz CT molecular complexity index is 1960. The van der Waals surface area contributed by atoms with Crippen molar-refractivity contribution in [2.24, 2.45) is 0 Å². The Morgan fingerprint density at radius 2 is 0.938 bits per heavy atom. The standard InChI is InChI=1S/C42H39N2O2P2/c1-44(2)28-30-46-42-36(44)24-26-38(48(33-19-11-5-12-20-33)34-21-13-6-14-22-34)40(42)39-37(25-23-35-41(39)45-29-27-43-35)47(31-15-7-3-8-16-31)32-17-9-4-10-18-32/h3-26,43H,27-30H2,1-2H3/q+1. The van der Waals surface area contributed by atoms with Crippen LogP contribution in [0, 0.1) is 0 Å². The van der Waals surface area contributed by atoms with Gasteiger partial charge in [0.15, 0.2) is 17.2 Å². The van der Waals surface area contributed by atoms with E-state index in [0.717, 1.165) is 45.9 Å². The Hall–Kier alpha value is -4.46. The third-order valence-corrected chi connectivity index (χ3v) is 14.2. The van der Waals surface area contributed by atoms with Crippen LogP contribution in [-0.2, 0) is 0 Å². The number of fused-ring (bicyclic) bond motifs is 2. The highest BCUT2D eigenvalue weighted by Gasteiger charge is 2.38. The van der Waals surface area contributed by atoms with Crippen LogP contribution < -0.4 is 51.1 Å². The SMILES string of the molecule is C[N+]1(C)CCOc2c1ccc(P(c1ccccc1)c1ccccc1)c2-c1c(P(c2ccccc2)c2ccccc2)ccc2c1OCCN2. The maximum absolute atomic E-state index is 6.87. The van der Waals surface area contributed by atoms with Crippen LogP contribution in [-0.4, -0.2) is 40.4 Å². The van der Waals surface area contributed by atoms with Gasteiger partial charge >= 0.3 is 0 Å². The Labute approximate surface area is 286 Å². The number of hydrogen-bond acceptors (Lipinski definition) is 3. The summed E-state index contributed by atoms with van der Waals surface area (Å²) in [5.74, 6) is 1.89. The van der Waals surface area contributed by atoms with E-state index in [9.17, 15) is 0 Å². The lowest BCUT2D eigenvalue weighted by atomic mass is 9.99. The third-order valence-electron chi connectivity index (χ3n) is 9.25. The highest BCUT2D eigenvalue weighted by atomic mass is 31.1. The average Bonchev–Trinajstić information content (AvgIpc) is 3.13. The van der Waals surface area contributed by atoms with Gasteiger partial charge in [-0.2, -0.15) is 0 Å². The fourth-order valence-electron chi connectivity index (χ4n) is 6.90. The molecular weight excluding hydrogens is 626 g/mol. The van der Waals surface area contributed by atoms with E-state index in [-0.39, 0.29) is 0 Å². The van der Waals surface area contributed by atoms with Crippen LogP contribution in [0.3, 0.4) is 0 Å². The van der Waals surface area contributed by atoms with Crippen molar-refractivity contribution >= 4 is 59.0 Å². The van der Waals surface area contributed by atoms with Crippen molar-refractivity contribution in [3.05, 3.63) is 146 Å². The van der Waals surface area contributed by atoms with Crippen molar-refractivity contribution in [3.63, 3.8) is 0 Å². The number of hydrogen-bond donors (Lipinski definition) is 1. The molecule has 0 unspecified atom stereocenters. The van der Waals surface area contributed by atoms with Gasteiger partial charge in [0.25, 0.3) is 0 Å². The molecule has 0 amide bonds. The average molecular weight is 666 g/mol. The van der Waals surface area contributed by atoms with Crippen molar-refractivity contribution in [1.82, 2.24) is 4.48 Å². The summed E-state index contributed by atoms with van der Waals surface area (Å²) in [6.07, 6.45) is 0. The van der Waals surface area contributed by atoms with Crippen LogP contribution in [0.15, 0.2) is 146 Å². The fraction of sp³-hybridized carbons (Fsp3) is 0.143. The molecule has 1 N–H and O–H groups in total. The van der Waals surface area contributed by atoms with Gasteiger partial charge in [0, 0.05) is 23.7 Å². The zero-order valence-electron chi connectivity index (χ0n) is 27.3. The molecule has 4 nitrogen and oxygen atoms in total. The quantitative estimate of drug-likeness (QED) is 0.153. The van der Waals surface area contributed by atoms with Gasteiger partial charge in [-0.1, -0.05) is 127 Å². The summed E-state index contributed by atoms with van der Waals surface area (Å²) in [6, 6.07) is 53.2. The van der Waals surface area contributed by atoms with E-state index in [4.69, 9.17) is 9.47 Å². The number of ether oxygens (including phenoxy) is 2. The van der Waals surface area contributed by atoms with Gasteiger partial charge in [0.2, 0.25) is 0 Å². The number of nitrogens with one attached hydrogen (secondary N) is 1. The molecule has 0 radical (unpaired) electrons. The van der Waals surface area contributed by atoms with E-state index in [1.807, 2.05) is 0 Å². The minimum Gasteiger partial charge on any atom is -0.489 e. The normalized spacial score (nSPS) is 14.8. The molecule has 0 saturated carbocycles. The smallest absolute Gasteiger partial charge is 0.189 e. The monoisotopic (exact) mass is 665 g/mol. The summed E-state index contributed by atoms with van der Waals surface area (Å²) < 4.78 is 14.4. The van der Waals surface area contributed by atoms with Crippen LogP contribution in [0.4, 0.5) is 11.4 Å². The van der Waals surface area contributed by atoms with Gasteiger partial charge in [-0.05, 0) is 59.8 Å². The first-order chi connectivity index (χ1) is 23.6. The van der Waals surface area contributed by atoms with Gasteiger partial charge in [-0.25, -0.2) is 0 Å². The molecule has 8 rings (SSSR count). The van der Waals surface area contributed by atoms with E-state index in [1.165, 1.54) is 37.5 Å². The molecule has 0 spiro atoms. The Morgan fingerprint density at radius 1 is 0.500 bits per heavy atom. The molecule has 2 heterocycles. The van der Waals surface area contributed by atoms with Crippen molar-refractivity contribution in [1.29, 1.82) is 0 Å². The lowest BCUT2D eigenvalue weighted by Gasteiger charge is -2.37. The van der Waals surface area contributed by atoms with Crippen LogP contribution in [0.5, 0.6) is 11.5 Å². The molecular formula is C42H39N2O2P2+. The van der Waals surface area contributed by atoms with Gasteiger partial charge in [-0.15, -0.1) is 0 Å². The largest absolute Gasteiger partial charge is 0.489 e. The van der Waals surface area contributed by atoms with Crippen LogP contribution in [0.1, 0.15) is 0 Å². The first kappa shape index (κ1) is 30.8. The third kappa shape index (κ3) is 5.69. The predicted octanol–water partition coefficient (Wildman–Crippen LogP) is 6.63. The second kappa shape index (κ2) is 13.2. The summed E-state index contributed by atoms with van der Waals surface area (Å²) in [5, 5.41) is 11.5. The van der Waals surface area contributed by atoms with E-state index in [0.29, 0.717) is 13.2 Å². The number of nitrogens with zero attached hydrogens (tertiary/aromatic N) is 1. The molecule has 0 aromatic heterocycles. The number of rotatable bonds is 7. The molecule has 6 heteroatoms. The summed E-state index contributed by atoms with van der Waals surface area (Å²) in [6.45, 7) is 2.95. The van der Waals surface area contributed by atoms with Crippen molar-refractivity contribution in [2.75, 3.05) is 45.7 Å². The number of quaternary nitrogens is 1. The predicted molar refractivity (Wildman–Crippen MR) is 207 cm³/mol. The minimum atomic E-state index is -0.946. The molecule has 2 aliphatic rings. The Kier molecular flexibility index (Phi) is 8.49. The Morgan fingerprint density at radius 3 is 1.44 bits per heavy atom. The van der Waals surface area contributed by atoms with Crippen molar-refractivity contribution in [2.45, 2.75) is 0 Å². The van der Waals surface area contributed by atoms with Crippen molar-refractivity contribution in [3.8, 4) is 22.6 Å². The zero-order valence-corrected chi connectivity index (χ0v) is 29.1. The van der Waals surface area contributed by atoms with Crippen LogP contribution in [0.2, 0.25) is 0 Å². The molecule has 2 aliphatic heterocycles. The lowest BCUT2D eigenvalue weighted by molar-refractivity contribution is 0.224. The first-order valence-electron chi connectivity index (χ1n) is 16.6. The molecule has 0 aliphatic carbocycles. The zero-order chi connectivity index (χ0) is 32.5. The molecule has 0 saturated heterocycles. The second-order valence-electron chi connectivity index (χ2n) is 12.7. The molecule has 0 fully saturated rings. The summed E-state index contributed by atoms with van der Waals surface area (Å²) in [4.78, 5) is 0. The first-order valence-corrected chi connectivity index (χ1v) is 19.3. The molecule has 6 aromatic rings. The van der Waals surface area contributed by atoms with E-state index >= 15 is 0 Å². The summed E-state index contributed by atoms with van der Waals surface area (Å²) in [5.41, 5.74) is 4.54. The summed E-state index contributed by atoms with van der Waals surface area (Å²) in [7, 11) is 2.70. The summed E-state index contributed by atoms with van der Waals surface area (Å²) >= 11 is 0. The fourth-order valence-corrected chi connectivity index (χ4v) is 11.8. The number of likely N-dealkylation sites (N-methyl/N-ethyl adjacent to an activating group) is 1. The number of benzene rings is 6. The van der Waals surface area contributed by atoms with Gasteiger partial charge in [-0.3, -0.25) is 4.48 Å². The molecule has 48 heavy (non-hydrogen) atoms. The Balaban J connectivity index is 1.51. The maximum Gasteiger partial charge on any atom is 0.189 e. The molecule has 238 valence electrons. The van der Waals surface area contributed by atoms with E-state index < -0.39 is 15.8 Å². The second-order valence-corrected chi connectivity index (χ2v) is 17.1. The highest BCUT2D eigenvalue weighted by molar-refractivity contribution is 7.80. The van der Waals surface area contributed by atoms with E-state index in [1.54, 1.807) is 0 Å². The maximum atomic E-state index is 6.87. The van der Waals surface area contributed by atoms with Gasteiger partial charge < -0.3 is 14.8 Å². The topological polar surface area (TPSA) is 30.5 Å². The highest BCUT2D eigenvalue weighted by Crippen LogP contribution is 2.52. The van der Waals surface area contributed by atoms with E-state index in [2.05, 4.69) is 165 Å². The molecule has 6 aromatic carbocycles. The van der Waals surface area contributed by atoms with Crippen LogP contribution in [0.25, 0.3) is 11.1 Å². The van der Waals surface area contributed by atoms with Gasteiger partial charge in [0.1, 0.15) is 19.8 Å². The lowest BCUT2D eigenvalue weighted by Crippen LogP contribution is -2.47.